The molecule has 0 aliphatic carbocycles. The summed E-state index contributed by atoms with van der Waals surface area (Å²) in [7, 11) is 0. The first-order valence-electron chi connectivity index (χ1n) is 8.57. The molecule has 1 aromatic heterocycles. The molecule has 0 saturated heterocycles. The summed E-state index contributed by atoms with van der Waals surface area (Å²) in [5, 5.41) is 8.13. The molecular formula is C20H20ClN3O2S. The highest BCUT2D eigenvalue weighted by Crippen LogP contribution is 2.19. The molecule has 0 atom stereocenters. The van der Waals surface area contributed by atoms with Gasteiger partial charge in [0.25, 0.3) is 0 Å². The van der Waals surface area contributed by atoms with E-state index in [9.17, 15) is 4.79 Å². The van der Waals surface area contributed by atoms with Gasteiger partial charge in [0.1, 0.15) is 12.4 Å². The Morgan fingerprint density at radius 1 is 1.15 bits per heavy atom. The van der Waals surface area contributed by atoms with Crippen molar-refractivity contribution in [2.75, 3.05) is 5.75 Å². The molecule has 0 aliphatic rings. The smallest absolute Gasteiger partial charge is 0.208 e. The second-order valence-corrected chi connectivity index (χ2v) is 7.67. The Balaban J connectivity index is 1.50. The molecule has 2 aromatic carbocycles. The molecule has 3 aromatic rings. The number of aromatic nitrogens is 3. The molecule has 1 N–H and O–H groups in total. The lowest BCUT2D eigenvalue weighted by molar-refractivity contribution is 0.102. The lowest BCUT2D eigenvalue weighted by Gasteiger charge is -2.05. The Bertz CT molecular complexity index is 892. The van der Waals surface area contributed by atoms with E-state index in [4.69, 9.17) is 16.3 Å². The number of carbonyl (C=O) groups excluding carboxylic acids is 1. The molecule has 7 heteroatoms. The van der Waals surface area contributed by atoms with Crippen molar-refractivity contribution in [2.45, 2.75) is 31.5 Å². The molecule has 0 saturated carbocycles. The number of nitrogens with zero attached hydrogens (tertiary/aromatic N) is 2. The largest absolute Gasteiger partial charge is 0.486 e. The van der Waals surface area contributed by atoms with Crippen LogP contribution < -0.4 is 4.74 Å². The van der Waals surface area contributed by atoms with Crippen molar-refractivity contribution in [1.29, 1.82) is 0 Å². The number of halogens is 1. The topological polar surface area (TPSA) is 67.9 Å². The van der Waals surface area contributed by atoms with Crippen LogP contribution in [-0.4, -0.2) is 26.7 Å². The SMILES string of the molecule is CC(C)c1ccc(C(=O)CSc2n[nH]c(COc3ccc(Cl)cc3)n2)cc1. The number of Topliss-reactive ketones (excluding diaryl/α,β-unsaturated/α-hetero) is 1. The van der Waals surface area contributed by atoms with Gasteiger partial charge in [0.2, 0.25) is 5.16 Å². The number of ketones is 1. The highest BCUT2D eigenvalue weighted by Gasteiger charge is 2.11. The third kappa shape index (κ3) is 5.58. The molecule has 0 spiro atoms. The van der Waals surface area contributed by atoms with E-state index in [1.54, 1.807) is 24.3 Å². The Hall–Kier alpha value is -2.31. The van der Waals surface area contributed by atoms with E-state index in [1.165, 1.54) is 17.3 Å². The molecular weight excluding hydrogens is 382 g/mol. The summed E-state index contributed by atoms with van der Waals surface area (Å²) in [4.78, 5) is 16.7. The van der Waals surface area contributed by atoms with Crippen molar-refractivity contribution >= 4 is 29.1 Å². The number of carbonyl (C=O) groups is 1. The molecule has 0 unspecified atom stereocenters. The van der Waals surface area contributed by atoms with Crippen molar-refractivity contribution in [3.63, 3.8) is 0 Å². The summed E-state index contributed by atoms with van der Waals surface area (Å²) in [5.74, 6) is 2.09. The number of hydrogen-bond donors (Lipinski definition) is 1. The predicted molar refractivity (Wildman–Crippen MR) is 108 cm³/mol. The van der Waals surface area contributed by atoms with Gasteiger partial charge in [-0.1, -0.05) is 61.5 Å². The van der Waals surface area contributed by atoms with E-state index >= 15 is 0 Å². The summed E-state index contributed by atoms with van der Waals surface area (Å²) in [5.41, 5.74) is 1.92. The van der Waals surface area contributed by atoms with E-state index in [0.717, 1.165) is 0 Å². The zero-order valence-corrected chi connectivity index (χ0v) is 16.7. The van der Waals surface area contributed by atoms with Gasteiger partial charge in [-0.3, -0.25) is 9.89 Å². The van der Waals surface area contributed by atoms with Gasteiger partial charge >= 0.3 is 0 Å². The minimum atomic E-state index is 0.0547. The van der Waals surface area contributed by atoms with Gasteiger partial charge in [-0.15, -0.1) is 5.10 Å². The molecule has 140 valence electrons. The Labute approximate surface area is 167 Å². The first kappa shape index (κ1) is 19.5. The number of thioether (sulfide) groups is 1. The highest BCUT2D eigenvalue weighted by atomic mass is 35.5. The van der Waals surface area contributed by atoms with Gasteiger partial charge in [-0.25, -0.2) is 4.98 Å². The quantitative estimate of drug-likeness (QED) is 0.418. The number of aromatic amines is 1. The summed E-state index contributed by atoms with van der Waals surface area (Å²) < 4.78 is 5.62. The zero-order valence-electron chi connectivity index (χ0n) is 15.1. The highest BCUT2D eigenvalue weighted by molar-refractivity contribution is 7.99. The Morgan fingerprint density at radius 2 is 1.85 bits per heavy atom. The van der Waals surface area contributed by atoms with Gasteiger partial charge in [-0.05, 0) is 35.7 Å². The van der Waals surface area contributed by atoms with Crippen LogP contribution in [0.4, 0.5) is 0 Å². The minimum absolute atomic E-state index is 0.0547. The fraction of sp³-hybridized carbons (Fsp3) is 0.250. The molecule has 1 heterocycles. The molecule has 5 nitrogen and oxygen atoms in total. The van der Waals surface area contributed by atoms with Crippen LogP contribution in [0.15, 0.2) is 53.7 Å². The average molecular weight is 402 g/mol. The summed E-state index contributed by atoms with van der Waals surface area (Å²) in [6, 6.07) is 14.9. The number of nitrogens with one attached hydrogen (secondary N) is 1. The molecule has 0 aliphatic heterocycles. The number of rotatable bonds is 8. The maximum absolute atomic E-state index is 12.3. The lowest BCUT2D eigenvalue weighted by atomic mass is 10.0. The first-order valence-corrected chi connectivity index (χ1v) is 9.93. The van der Waals surface area contributed by atoms with E-state index in [1.807, 2.05) is 24.3 Å². The second kappa shape index (κ2) is 9.06. The van der Waals surface area contributed by atoms with Gasteiger partial charge in [0.05, 0.1) is 5.75 Å². The maximum atomic E-state index is 12.3. The van der Waals surface area contributed by atoms with Gasteiger partial charge < -0.3 is 4.74 Å². The third-order valence-electron chi connectivity index (χ3n) is 3.93. The first-order chi connectivity index (χ1) is 13.0. The second-order valence-electron chi connectivity index (χ2n) is 6.30. The standard InChI is InChI=1S/C20H20ClN3O2S/c1-13(2)14-3-5-15(6-4-14)18(25)12-27-20-22-19(23-24-20)11-26-17-9-7-16(21)8-10-17/h3-10,13H,11-12H2,1-2H3,(H,22,23,24). The Kier molecular flexibility index (Phi) is 6.53. The van der Waals surface area contributed by atoms with Crippen molar-refractivity contribution in [2.24, 2.45) is 0 Å². The van der Waals surface area contributed by atoms with Crippen LogP contribution in [-0.2, 0) is 6.61 Å². The number of ether oxygens (including phenoxy) is 1. The number of benzene rings is 2. The molecule has 0 bridgehead atoms. The van der Waals surface area contributed by atoms with Crippen LogP contribution in [0.2, 0.25) is 5.02 Å². The third-order valence-corrected chi connectivity index (χ3v) is 5.03. The summed E-state index contributed by atoms with van der Waals surface area (Å²) >= 11 is 7.15. The van der Waals surface area contributed by atoms with E-state index in [2.05, 4.69) is 29.0 Å². The van der Waals surface area contributed by atoms with Crippen molar-refractivity contribution in [1.82, 2.24) is 15.2 Å². The Morgan fingerprint density at radius 3 is 2.52 bits per heavy atom. The number of hydrogen-bond acceptors (Lipinski definition) is 5. The summed E-state index contributed by atoms with van der Waals surface area (Å²) in [6.45, 7) is 4.52. The molecule has 27 heavy (non-hydrogen) atoms. The van der Waals surface area contributed by atoms with Crippen LogP contribution >= 0.6 is 23.4 Å². The summed E-state index contributed by atoms with van der Waals surface area (Å²) in [6.07, 6.45) is 0. The van der Waals surface area contributed by atoms with E-state index in [-0.39, 0.29) is 18.1 Å². The van der Waals surface area contributed by atoms with Crippen molar-refractivity contribution < 1.29 is 9.53 Å². The number of H-pyrrole nitrogens is 1. The average Bonchev–Trinajstić information content (AvgIpc) is 3.13. The zero-order chi connectivity index (χ0) is 19.2. The molecule has 3 rings (SSSR count). The van der Waals surface area contributed by atoms with Crippen LogP contribution in [0.1, 0.15) is 41.5 Å². The van der Waals surface area contributed by atoms with Crippen LogP contribution in [0.25, 0.3) is 0 Å². The monoisotopic (exact) mass is 401 g/mol. The van der Waals surface area contributed by atoms with Crippen LogP contribution in [0, 0.1) is 0 Å². The normalized spacial score (nSPS) is 11.0. The van der Waals surface area contributed by atoms with Gasteiger partial charge in [0, 0.05) is 10.6 Å². The molecule has 0 fully saturated rings. The van der Waals surface area contributed by atoms with Crippen LogP contribution in [0.5, 0.6) is 5.75 Å². The minimum Gasteiger partial charge on any atom is -0.486 e. The van der Waals surface area contributed by atoms with Crippen molar-refractivity contribution in [3.8, 4) is 5.75 Å². The van der Waals surface area contributed by atoms with Gasteiger partial charge in [0.15, 0.2) is 11.6 Å². The maximum Gasteiger partial charge on any atom is 0.208 e. The van der Waals surface area contributed by atoms with E-state index < -0.39 is 0 Å². The van der Waals surface area contributed by atoms with Crippen LogP contribution in [0.3, 0.4) is 0 Å². The molecule has 0 radical (unpaired) electrons. The van der Waals surface area contributed by atoms with E-state index in [0.29, 0.717) is 33.2 Å². The van der Waals surface area contributed by atoms with Gasteiger partial charge in [-0.2, -0.15) is 0 Å². The van der Waals surface area contributed by atoms with Crippen molar-refractivity contribution in [3.05, 3.63) is 70.5 Å². The fourth-order valence-corrected chi connectivity index (χ4v) is 3.19. The predicted octanol–water partition coefficient (Wildman–Crippen LogP) is 5.14. The fourth-order valence-electron chi connectivity index (χ4n) is 2.36. The molecule has 0 amide bonds. The lowest BCUT2D eigenvalue weighted by Crippen LogP contribution is -2.03.